The number of anilines is 2. The number of alkyl halides is 3. The molecule has 1 aromatic carbocycles. The van der Waals surface area contributed by atoms with Crippen molar-refractivity contribution in [1.29, 1.82) is 0 Å². The Labute approximate surface area is 160 Å². The SMILES string of the molecule is COCCN(C(=O)C(F)(F)F)c1cc(N2CCN(C)CC2)ccc1C(=O)Cl. The van der Waals surface area contributed by atoms with Gasteiger partial charge in [-0.3, -0.25) is 9.59 Å². The van der Waals surface area contributed by atoms with E-state index < -0.39 is 17.3 Å². The largest absolute Gasteiger partial charge is 0.471 e. The molecule has 0 aliphatic carbocycles. The lowest BCUT2D eigenvalue weighted by Crippen LogP contribution is -2.45. The number of carbonyl (C=O) groups is 2. The Morgan fingerprint density at radius 3 is 2.37 bits per heavy atom. The molecule has 0 atom stereocenters. The van der Waals surface area contributed by atoms with Crippen molar-refractivity contribution in [2.45, 2.75) is 6.18 Å². The lowest BCUT2D eigenvalue weighted by molar-refractivity contribution is -0.170. The summed E-state index contributed by atoms with van der Waals surface area (Å²) in [6, 6.07) is 4.37. The molecule has 0 aromatic heterocycles. The number of hydrogen-bond acceptors (Lipinski definition) is 5. The first-order valence-electron chi connectivity index (χ1n) is 8.30. The van der Waals surface area contributed by atoms with Crippen LogP contribution in [0.15, 0.2) is 18.2 Å². The van der Waals surface area contributed by atoms with E-state index in [9.17, 15) is 22.8 Å². The second kappa shape index (κ2) is 8.90. The Morgan fingerprint density at radius 2 is 1.85 bits per heavy atom. The van der Waals surface area contributed by atoms with Crippen molar-refractivity contribution >= 4 is 34.1 Å². The van der Waals surface area contributed by atoms with Crippen LogP contribution in [0.3, 0.4) is 0 Å². The average molecular weight is 408 g/mol. The van der Waals surface area contributed by atoms with Crippen LogP contribution in [0.4, 0.5) is 24.5 Å². The van der Waals surface area contributed by atoms with Gasteiger partial charge in [-0.15, -0.1) is 0 Å². The van der Waals surface area contributed by atoms with Crippen LogP contribution in [-0.2, 0) is 9.53 Å². The summed E-state index contributed by atoms with van der Waals surface area (Å²) in [5, 5.41) is -0.938. The number of hydrogen-bond donors (Lipinski definition) is 0. The summed E-state index contributed by atoms with van der Waals surface area (Å²) in [5.74, 6) is -2.07. The molecule has 1 heterocycles. The maximum atomic E-state index is 13.1. The number of ether oxygens (including phenoxy) is 1. The van der Waals surface area contributed by atoms with Crippen LogP contribution in [0.1, 0.15) is 10.4 Å². The smallest absolute Gasteiger partial charge is 0.383 e. The van der Waals surface area contributed by atoms with Gasteiger partial charge in [0.25, 0.3) is 5.24 Å². The topological polar surface area (TPSA) is 53.1 Å². The van der Waals surface area contributed by atoms with Crippen molar-refractivity contribution in [2.75, 3.05) is 63.3 Å². The van der Waals surface area contributed by atoms with Crippen molar-refractivity contribution in [3.8, 4) is 0 Å². The molecule has 0 radical (unpaired) electrons. The number of benzene rings is 1. The number of nitrogens with zero attached hydrogens (tertiary/aromatic N) is 3. The Balaban J connectivity index is 2.46. The third-order valence-electron chi connectivity index (χ3n) is 4.36. The second-order valence-electron chi connectivity index (χ2n) is 6.21. The molecule has 0 unspecified atom stereocenters. The van der Waals surface area contributed by atoms with Gasteiger partial charge in [-0.25, -0.2) is 0 Å². The molecular weight excluding hydrogens is 387 g/mol. The second-order valence-corrected chi connectivity index (χ2v) is 6.56. The molecule has 1 amide bonds. The van der Waals surface area contributed by atoms with E-state index in [4.69, 9.17) is 16.3 Å². The first-order chi connectivity index (χ1) is 12.6. The maximum Gasteiger partial charge on any atom is 0.471 e. The van der Waals surface area contributed by atoms with Crippen LogP contribution in [-0.4, -0.2) is 75.7 Å². The molecule has 2 rings (SSSR count). The molecule has 1 saturated heterocycles. The highest BCUT2D eigenvalue weighted by atomic mass is 35.5. The third-order valence-corrected chi connectivity index (χ3v) is 4.56. The van der Waals surface area contributed by atoms with Gasteiger partial charge in [0.15, 0.2) is 0 Å². The minimum absolute atomic E-state index is 0.128. The van der Waals surface area contributed by atoms with E-state index in [0.29, 0.717) is 23.7 Å². The lowest BCUT2D eigenvalue weighted by Gasteiger charge is -2.35. The average Bonchev–Trinajstić information content (AvgIpc) is 2.61. The number of piperazine rings is 1. The number of carbonyl (C=O) groups excluding carboxylic acids is 2. The Bertz CT molecular complexity index is 692. The van der Waals surface area contributed by atoms with E-state index in [-0.39, 0.29) is 24.4 Å². The number of rotatable bonds is 6. The molecule has 0 saturated carbocycles. The van der Waals surface area contributed by atoms with Crippen LogP contribution >= 0.6 is 11.6 Å². The first-order valence-corrected chi connectivity index (χ1v) is 8.68. The number of halogens is 4. The van der Waals surface area contributed by atoms with E-state index in [1.807, 2.05) is 11.9 Å². The van der Waals surface area contributed by atoms with Gasteiger partial charge in [0, 0.05) is 45.5 Å². The standard InChI is InChI=1S/C17H21ClF3N3O3/c1-22-5-7-23(8-6-22)12-3-4-13(15(18)25)14(11-12)24(9-10-27-2)16(26)17(19,20)21/h3-4,11H,5-10H2,1-2H3. The number of likely N-dealkylation sites (N-methyl/N-ethyl adjacent to an activating group) is 1. The van der Waals surface area contributed by atoms with E-state index in [1.54, 1.807) is 6.07 Å². The predicted octanol–water partition coefficient (Wildman–Crippen LogP) is 2.36. The zero-order valence-electron chi connectivity index (χ0n) is 15.1. The van der Waals surface area contributed by atoms with Gasteiger partial charge in [0.1, 0.15) is 0 Å². The molecule has 0 bridgehead atoms. The molecule has 1 aliphatic rings. The van der Waals surface area contributed by atoms with Gasteiger partial charge >= 0.3 is 12.1 Å². The van der Waals surface area contributed by atoms with Crippen LogP contribution < -0.4 is 9.80 Å². The fraction of sp³-hybridized carbons (Fsp3) is 0.529. The van der Waals surface area contributed by atoms with Gasteiger partial charge < -0.3 is 19.4 Å². The molecule has 1 fully saturated rings. The van der Waals surface area contributed by atoms with Crippen LogP contribution in [0.25, 0.3) is 0 Å². The van der Waals surface area contributed by atoms with Gasteiger partial charge in [-0.2, -0.15) is 13.2 Å². The minimum atomic E-state index is -5.09. The molecule has 1 aliphatic heterocycles. The first kappa shape index (κ1) is 21.5. The summed E-state index contributed by atoms with van der Waals surface area (Å²) in [6.07, 6.45) is -5.09. The summed E-state index contributed by atoms with van der Waals surface area (Å²) in [5.41, 5.74) is 0.284. The normalized spacial score (nSPS) is 15.7. The van der Waals surface area contributed by atoms with E-state index in [1.165, 1.54) is 19.2 Å². The molecule has 150 valence electrons. The van der Waals surface area contributed by atoms with Gasteiger partial charge in [0.05, 0.1) is 17.9 Å². The van der Waals surface area contributed by atoms with Crippen molar-refractivity contribution in [3.05, 3.63) is 23.8 Å². The zero-order valence-corrected chi connectivity index (χ0v) is 15.8. The zero-order chi connectivity index (χ0) is 20.2. The quantitative estimate of drug-likeness (QED) is 0.678. The lowest BCUT2D eigenvalue weighted by atomic mass is 10.1. The van der Waals surface area contributed by atoms with E-state index >= 15 is 0 Å². The molecule has 27 heavy (non-hydrogen) atoms. The summed E-state index contributed by atoms with van der Waals surface area (Å²) in [4.78, 5) is 28.3. The summed E-state index contributed by atoms with van der Waals surface area (Å²) in [6.45, 7) is 2.44. The minimum Gasteiger partial charge on any atom is -0.383 e. The Kier molecular flexibility index (Phi) is 7.07. The van der Waals surface area contributed by atoms with Crippen LogP contribution in [0.2, 0.25) is 0 Å². The van der Waals surface area contributed by atoms with Crippen molar-refractivity contribution in [1.82, 2.24) is 4.90 Å². The Morgan fingerprint density at radius 1 is 1.22 bits per heavy atom. The highest BCUT2D eigenvalue weighted by Crippen LogP contribution is 2.32. The van der Waals surface area contributed by atoms with Crippen LogP contribution in [0, 0.1) is 0 Å². The van der Waals surface area contributed by atoms with E-state index in [0.717, 1.165) is 13.1 Å². The third kappa shape index (κ3) is 5.33. The monoisotopic (exact) mass is 407 g/mol. The van der Waals surface area contributed by atoms with Crippen molar-refractivity contribution in [3.63, 3.8) is 0 Å². The van der Waals surface area contributed by atoms with Crippen molar-refractivity contribution < 1.29 is 27.5 Å². The maximum absolute atomic E-state index is 13.1. The van der Waals surface area contributed by atoms with Crippen LogP contribution in [0.5, 0.6) is 0 Å². The summed E-state index contributed by atoms with van der Waals surface area (Å²) < 4.78 is 44.1. The molecule has 6 nitrogen and oxygen atoms in total. The number of amides is 1. The molecular formula is C17H21ClF3N3O3. The fourth-order valence-electron chi connectivity index (χ4n) is 2.84. The predicted molar refractivity (Wildman–Crippen MR) is 96.6 cm³/mol. The van der Waals surface area contributed by atoms with Gasteiger partial charge in [-0.05, 0) is 36.8 Å². The molecule has 0 spiro atoms. The number of methoxy groups -OCH3 is 1. The highest BCUT2D eigenvalue weighted by Gasteiger charge is 2.43. The highest BCUT2D eigenvalue weighted by molar-refractivity contribution is 6.68. The summed E-state index contributed by atoms with van der Waals surface area (Å²) in [7, 11) is 3.29. The molecule has 0 N–H and O–H groups in total. The Hall–Kier alpha value is -1.84. The van der Waals surface area contributed by atoms with Crippen molar-refractivity contribution in [2.24, 2.45) is 0 Å². The summed E-state index contributed by atoms with van der Waals surface area (Å²) >= 11 is 5.55. The molecule has 10 heteroatoms. The fourth-order valence-corrected chi connectivity index (χ4v) is 3.00. The van der Waals surface area contributed by atoms with Gasteiger partial charge in [0.2, 0.25) is 0 Å². The van der Waals surface area contributed by atoms with Gasteiger partial charge in [-0.1, -0.05) is 0 Å². The van der Waals surface area contributed by atoms with E-state index in [2.05, 4.69) is 4.90 Å². The molecule has 1 aromatic rings.